The fourth-order valence-corrected chi connectivity index (χ4v) is 2.98. The van der Waals surface area contributed by atoms with E-state index in [2.05, 4.69) is 30.4 Å². The van der Waals surface area contributed by atoms with Crippen molar-refractivity contribution < 1.29 is 4.74 Å². The van der Waals surface area contributed by atoms with Crippen molar-refractivity contribution >= 4 is 0 Å². The number of nitrogens with one attached hydrogen (secondary N) is 1. The van der Waals surface area contributed by atoms with Crippen LogP contribution in [-0.2, 0) is 0 Å². The monoisotopic (exact) mass is 267 g/mol. The van der Waals surface area contributed by atoms with E-state index in [4.69, 9.17) is 4.74 Å². The number of hydrogen-bond donors (Lipinski definition) is 1. The minimum absolute atomic E-state index is 0.472. The third-order valence-electron chi connectivity index (χ3n) is 4.07. The number of benzene rings is 2. The maximum atomic E-state index is 5.92. The van der Waals surface area contributed by atoms with Crippen LogP contribution in [0.3, 0.4) is 0 Å². The molecule has 2 aromatic rings. The highest BCUT2D eigenvalue weighted by Gasteiger charge is 2.26. The number of para-hydroxylation sites is 1. The Kier molecular flexibility index (Phi) is 4.03. The summed E-state index contributed by atoms with van der Waals surface area (Å²) in [5.41, 5.74) is 1.34. The predicted molar refractivity (Wildman–Crippen MR) is 82.1 cm³/mol. The fourth-order valence-electron chi connectivity index (χ4n) is 2.98. The van der Waals surface area contributed by atoms with Gasteiger partial charge in [0.1, 0.15) is 11.5 Å². The summed E-state index contributed by atoms with van der Waals surface area (Å²) in [5, 5.41) is 3.61. The molecule has 1 aliphatic rings. The smallest absolute Gasteiger partial charge is 0.127 e. The van der Waals surface area contributed by atoms with Gasteiger partial charge in [-0.3, -0.25) is 0 Å². The average Bonchev–Trinajstić information content (AvgIpc) is 2.97. The molecule has 1 N–H and O–H groups in total. The largest absolute Gasteiger partial charge is 0.457 e. The van der Waals surface area contributed by atoms with E-state index >= 15 is 0 Å². The van der Waals surface area contributed by atoms with Crippen LogP contribution in [0.2, 0.25) is 0 Å². The molecular weight excluding hydrogens is 246 g/mol. The van der Waals surface area contributed by atoms with Gasteiger partial charge in [-0.25, -0.2) is 0 Å². The Bertz CT molecular complexity index is 552. The van der Waals surface area contributed by atoms with Crippen molar-refractivity contribution in [1.29, 1.82) is 0 Å². The zero-order chi connectivity index (χ0) is 13.8. The van der Waals surface area contributed by atoms with Crippen molar-refractivity contribution in [2.45, 2.75) is 25.8 Å². The minimum atomic E-state index is 0.472. The van der Waals surface area contributed by atoms with Crippen molar-refractivity contribution in [2.24, 2.45) is 5.92 Å². The second kappa shape index (κ2) is 6.10. The number of hydrogen-bond acceptors (Lipinski definition) is 2. The van der Waals surface area contributed by atoms with Gasteiger partial charge in [0.2, 0.25) is 0 Å². The summed E-state index contributed by atoms with van der Waals surface area (Å²) < 4.78 is 5.92. The quantitative estimate of drug-likeness (QED) is 0.878. The topological polar surface area (TPSA) is 21.3 Å². The van der Waals surface area contributed by atoms with E-state index in [0.29, 0.717) is 6.04 Å². The summed E-state index contributed by atoms with van der Waals surface area (Å²) in [6, 6.07) is 18.9. The predicted octanol–water partition coefficient (Wildman–Crippen LogP) is 4.54. The molecular formula is C18H21NO. The molecule has 1 saturated heterocycles. The molecule has 20 heavy (non-hydrogen) atoms. The Balaban J connectivity index is 1.79. The van der Waals surface area contributed by atoms with E-state index in [1.165, 1.54) is 18.4 Å². The number of ether oxygens (including phenoxy) is 1. The fraction of sp³-hybridized carbons (Fsp3) is 0.333. The Morgan fingerprint density at radius 2 is 1.85 bits per heavy atom. The number of rotatable bonds is 4. The molecule has 3 rings (SSSR count). The van der Waals surface area contributed by atoms with E-state index < -0.39 is 0 Å². The summed E-state index contributed by atoms with van der Waals surface area (Å²) in [5.74, 6) is 2.54. The minimum Gasteiger partial charge on any atom is -0.457 e. The van der Waals surface area contributed by atoms with Gasteiger partial charge in [0.15, 0.2) is 0 Å². The van der Waals surface area contributed by atoms with Gasteiger partial charge in [-0.1, -0.05) is 43.7 Å². The molecule has 0 saturated carbocycles. The van der Waals surface area contributed by atoms with Gasteiger partial charge >= 0.3 is 0 Å². The SMILES string of the molecule is CCC1CCNC1c1cccc(Oc2ccccc2)c1. The maximum absolute atomic E-state index is 5.92. The van der Waals surface area contributed by atoms with Crippen molar-refractivity contribution in [3.8, 4) is 11.5 Å². The van der Waals surface area contributed by atoms with E-state index in [1.807, 2.05) is 36.4 Å². The van der Waals surface area contributed by atoms with Crippen LogP contribution in [0.15, 0.2) is 54.6 Å². The normalized spacial score (nSPS) is 21.9. The molecule has 1 heterocycles. The van der Waals surface area contributed by atoms with Crippen LogP contribution in [0.1, 0.15) is 31.4 Å². The first kappa shape index (κ1) is 13.2. The van der Waals surface area contributed by atoms with Gasteiger partial charge in [-0.05, 0) is 48.7 Å². The molecule has 0 aliphatic carbocycles. The highest BCUT2D eigenvalue weighted by molar-refractivity contribution is 5.35. The summed E-state index contributed by atoms with van der Waals surface area (Å²) in [7, 11) is 0. The first-order chi connectivity index (χ1) is 9.86. The van der Waals surface area contributed by atoms with Crippen LogP contribution in [0.25, 0.3) is 0 Å². The lowest BCUT2D eigenvalue weighted by Crippen LogP contribution is -2.17. The van der Waals surface area contributed by atoms with E-state index in [0.717, 1.165) is 24.0 Å². The average molecular weight is 267 g/mol. The summed E-state index contributed by atoms with van der Waals surface area (Å²) in [6.07, 6.45) is 2.49. The molecule has 1 aliphatic heterocycles. The maximum Gasteiger partial charge on any atom is 0.127 e. The van der Waals surface area contributed by atoms with Crippen LogP contribution in [0, 0.1) is 5.92 Å². The zero-order valence-electron chi connectivity index (χ0n) is 11.9. The van der Waals surface area contributed by atoms with Crippen LogP contribution in [0.4, 0.5) is 0 Å². The van der Waals surface area contributed by atoms with Gasteiger partial charge in [0.05, 0.1) is 0 Å². The lowest BCUT2D eigenvalue weighted by Gasteiger charge is -2.19. The Hall–Kier alpha value is -1.80. The summed E-state index contributed by atoms with van der Waals surface area (Å²) in [4.78, 5) is 0. The van der Waals surface area contributed by atoms with Gasteiger partial charge in [-0.15, -0.1) is 0 Å². The Labute approximate surface area is 120 Å². The van der Waals surface area contributed by atoms with Crippen LogP contribution >= 0.6 is 0 Å². The van der Waals surface area contributed by atoms with Crippen LogP contribution in [0.5, 0.6) is 11.5 Å². The molecule has 2 nitrogen and oxygen atoms in total. The van der Waals surface area contributed by atoms with Crippen molar-refractivity contribution in [1.82, 2.24) is 5.32 Å². The van der Waals surface area contributed by atoms with Gasteiger partial charge in [0, 0.05) is 6.04 Å². The lowest BCUT2D eigenvalue weighted by molar-refractivity contribution is 0.444. The van der Waals surface area contributed by atoms with E-state index in [-0.39, 0.29) is 0 Å². The summed E-state index contributed by atoms with van der Waals surface area (Å²) >= 11 is 0. The molecule has 104 valence electrons. The highest BCUT2D eigenvalue weighted by Crippen LogP contribution is 2.33. The third-order valence-corrected chi connectivity index (χ3v) is 4.07. The third kappa shape index (κ3) is 2.86. The summed E-state index contributed by atoms with van der Waals surface area (Å²) in [6.45, 7) is 3.39. The Morgan fingerprint density at radius 1 is 1.05 bits per heavy atom. The molecule has 0 radical (unpaired) electrons. The second-order valence-electron chi connectivity index (χ2n) is 5.38. The van der Waals surface area contributed by atoms with E-state index in [1.54, 1.807) is 0 Å². The first-order valence-electron chi connectivity index (χ1n) is 7.43. The van der Waals surface area contributed by atoms with Gasteiger partial charge in [-0.2, -0.15) is 0 Å². The van der Waals surface area contributed by atoms with Crippen molar-refractivity contribution in [2.75, 3.05) is 6.54 Å². The molecule has 0 bridgehead atoms. The zero-order valence-corrected chi connectivity index (χ0v) is 11.9. The Morgan fingerprint density at radius 3 is 2.65 bits per heavy atom. The molecule has 0 spiro atoms. The standard InChI is InChI=1S/C18H21NO/c1-2-14-11-12-19-18(14)15-7-6-10-17(13-15)20-16-8-4-3-5-9-16/h3-10,13-14,18-19H,2,11-12H2,1H3. The van der Waals surface area contributed by atoms with Crippen LogP contribution < -0.4 is 10.1 Å². The molecule has 2 heteroatoms. The molecule has 2 aromatic carbocycles. The van der Waals surface area contributed by atoms with Gasteiger partial charge < -0.3 is 10.1 Å². The highest BCUT2D eigenvalue weighted by atomic mass is 16.5. The molecule has 2 atom stereocenters. The van der Waals surface area contributed by atoms with Gasteiger partial charge in [0.25, 0.3) is 0 Å². The lowest BCUT2D eigenvalue weighted by atomic mass is 9.92. The molecule has 1 fully saturated rings. The second-order valence-corrected chi connectivity index (χ2v) is 5.38. The van der Waals surface area contributed by atoms with Crippen molar-refractivity contribution in [3.05, 3.63) is 60.2 Å². The first-order valence-corrected chi connectivity index (χ1v) is 7.43. The molecule has 0 amide bonds. The van der Waals surface area contributed by atoms with Crippen LogP contribution in [-0.4, -0.2) is 6.54 Å². The molecule has 2 unspecified atom stereocenters. The molecule has 0 aromatic heterocycles. The van der Waals surface area contributed by atoms with Crippen molar-refractivity contribution in [3.63, 3.8) is 0 Å². The van der Waals surface area contributed by atoms with E-state index in [9.17, 15) is 0 Å².